The quantitative estimate of drug-likeness (QED) is 0.167. The van der Waals surface area contributed by atoms with Gasteiger partial charge in [-0.1, -0.05) is 0 Å². The van der Waals surface area contributed by atoms with Crippen LogP contribution < -0.4 is 29.3 Å². The predicted octanol–water partition coefficient (Wildman–Crippen LogP) is 6.01. The molecule has 0 saturated carbocycles. The largest absolute Gasteiger partial charge is 0.496 e. The number of methoxy groups -OCH3 is 4. The molecule has 1 heterocycles. The molecule has 198 valence electrons. The Morgan fingerprint density at radius 3 is 1.76 bits per heavy atom. The van der Waals surface area contributed by atoms with Crippen LogP contribution in [0.2, 0.25) is 0 Å². The second-order valence-corrected chi connectivity index (χ2v) is 8.86. The molecule has 0 N–H and O–H groups in total. The minimum atomic E-state index is -0.573. The predicted molar refractivity (Wildman–Crippen MR) is 145 cm³/mol. The van der Waals surface area contributed by atoms with Gasteiger partial charge in [0.1, 0.15) is 17.1 Å². The molecule has 0 aliphatic heterocycles. The van der Waals surface area contributed by atoms with Gasteiger partial charge in [0.2, 0.25) is 5.75 Å². The van der Waals surface area contributed by atoms with Crippen LogP contribution in [0.25, 0.3) is 33.2 Å². The Bertz CT molecular complexity index is 1570. The van der Waals surface area contributed by atoms with Crippen molar-refractivity contribution in [3.8, 4) is 51.0 Å². The summed E-state index contributed by atoms with van der Waals surface area (Å²) in [6.45, 7) is 6.97. The molecule has 1 aromatic heterocycles. The zero-order chi connectivity index (χ0) is 27.7. The highest BCUT2D eigenvalue weighted by Crippen LogP contribution is 2.45. The Hall–Kier alpha value is -4.46. The molecular formula is C30H30O8. The lowest BCUT2D eigenvalue weighted by Gasteiger charge is -2.19. The number of carbonyl (C=O) groups is 1. The van der Waals surface area contributed by atoms with E-state index in [1.54, 1.807) is 38.3 Å². The van der Waals surface area contributed by atoms with E-state index in [0.717, 1.165) is 22.4 Å². The molecule has 0 fully saturated rings. The fourth-order valence-electron chi connectivity index (χ4n) is 4.85. The zero-order valence-electron chi connectivity index (χ0n) is 22.7. The van der Waals surface area contributed by atoms with Gasteiger partial charge in [-0.25, -0.2) is 4.79 Å². The van der Waals surface area contributed by atoms with Crippen LogP contribution in [0.1, 0.15) is 23.6 Å². The van der Waals surface area contributed by atoms with Crippen LogP contribution in [-0.2, 0) is 4.79 Å². The SMILES string of the molecule is COc1cc(-c2c(-c3cc(C)c(OC)c(C)c3)c3ccc(OC(C)=O)c(C)c3oc2=O)cc(OC)c1OC. The molecule has 0 amide bonds. The molecule has 38 heavy (non-hydrogen) atoms. The van der Waals surface area contributed by atoms with Crippen LogP contribution in [0, 0.1) is 20.8 Å². The average Bonchev–Trinajstić information content (AvgIpc) is 2.88. The summed E-state index contributed by atoms with van der Waals surface area (Å²) >= 11 is 0. The highest BCUT2D eigenvalue weighted by atomic mass is 16.5. The minimum absolute atomic E-state index is 0.320. The van der Waals surface area contributed by atoms with Crippen LogP contribution >= 0.6 is 0 Å². The Kier molecular flexibility index (Phi) is 7.35. The lowest BCUT2D eigenvalue weighted by atomic mass is 9.90. The fourth-order valence-corrected chi connectivity index (χ4v) is 4.85. The van der Waals surface area contributed by atoms with Gasteiger partial charge in [-0.15, -0.1) is 0 Å². The molecule has 0 spiro atoms. The Morgan fingerprint density at radius 1 is 0.711 bits per heavy atom. The normalized spacial score (nSPS) is 10.8. The molecule has 0 radical (unpaired) electrons. The van der Waals surface area contributed by atoms with Crippen LogP contribution in [0.15, 0.2) is 45.6 Å². The maximum absolute atomic E-state index is 13.7. The van der Waals surface area contributed by atoms with Crippen molar-refractivity contribution in [3.63, 3.8) is 0 Å². The van der Waals surface area contributed by atoms with Gasteiger partial charge >= 0.3 is 11.6 Å². The van der Waals surface area contributed by atoms with E-state index in [9.17, 15) is 9.59 Å². The number of hydrogen-bond acceptors (Lipinski definition) is 8. The maximum Gasteiger partial charge on any atom is 0.344 e. The molecule has 4 rings (SSSR count). The number of fused-ring (bicyclic) bond motifs is 1. The van der Waals surface area contributed by atoms with Gasteiger partial charge in [0, 0.05) is 23.4 Å². The van der Waals surface area contributed by atoms with E-state index in [1.165, 1.54) is 28.3 Å². The first-order valence-corrected chi connectivity index (χ1v) is 11.9. The van der Waals surface area contributed by atoms with Crippen LogP contribution in [0.5, 0.6) is 28.7 Å². The summed E-state index contributed by atoms with van der Waals surface area (Å²) in [4.78, 5) is 25.4. The highest BCUT2D eigenvalue weighted by Gasteiger charge is 2.24. The van der Waals surface area contributed by atoms with E-state index >= 15 is 0 Å². The molecule has 0 saturated heterocycles. The van der Waals surface area contributed by atoms with Crippen molar-refractivity contribution in [1.82, 2.24) is 0 Å². The van der Waals surface area contributed by atoms with Crippen LogP contribution in [-0.4, -0.2) is 34.4 Å². The van der Waals surface area contributed by atoms with Crippen molar-refractivity contribution in [2.24, 2.45) is 0 Å². The molecule has 0 bridgehead atoms. The highest BCUT2D eigenvalue weighted by molar-refractivity contribution is 6.03. The standard InChI is InChI=1S/C30H30O8/c1-15-11-19(12-16(2)27(15)35-7)25-21-9-10-22(37-18(4)31)17(3)28(21)38-30(32)26(25)20-13-23(33-5)29(36-8)24(14-20)34-6/h9-14H,1-8H3. The number of benzene rings is 3. The van der Waals surface area contributed by atoms with Gasteiger partial charge in [0.15, 0.2) is 11.5 Å². The van der Waals surface area contributed by atoms with Gasteiger partial charge in [0.25, 0.3) is 0 Å². The first-order valence-electron chi connectivity index (χ1n) is 11.9. The molecular weight excluding hydrogens is 488 g/mol. The zero-order valence-corrected chi connectivity index (χ0v) is 22.7. The Labute approximate surface area is 220 Å². The molecule has 3 aromatic carbocycles. The van der Waals surface area contributed by atoms with Crippen molar-refractivity contribution in [3.05, 3.63) is 63.5 Å². The number of rotatable bonds is 7. The monoisotopic (exact) mass is 518 g/mol. The molecule has 4 aromatic rings. The first kappa shape index (κ1) is 26.6. The maximum atomic E-state index is 13.7. The lowest BCUT2D eigenvalue weighted by Crippen LogP contribution is -2.09. The molecule has 0 aliphatic rings. The molecule has 0 atom stereocenters. The third-order valence-electron chi connectivity index (χ3n) is 6.43. The summed E-state index contributed by atoms with van der Waals surface area (Å²) in [6.07, 6.45) is 0. The third kappa shape index (κ3) is 4.53. The van der Waals surface area contributed by atoms with Crippen LogP contribution in [0.3, 0.4) is 0 Å². The number of esters is 1. The summed E-state index contributed by atoms with van der Waals surface area (Å²) in [5.41, 5.74) is 4.40. The van der Waals surface area contributed by atoms with Gasteiger partial charge < -0.3 is 28.1 Å². The van der Waals surface area contributed by atoms with Crippen molar-refractivity contribution >= 4 is 16.9 Å². The minimum Gasteiger partial charge on any atom is -0.496 e. The van der Waals surface area contributed by atoms with Crippen molar-refractivity contribution in [2.45, 2.75) is 27.7 Å². The van der Waals surface area contributed by atoms with E-state index in [1.807, 2.05) is 26.0 Å². The van der Waals surface area contributed by atoms with Crippen LogP contribution in [0.4, 0.5) is 0 Å². The third-order valence-corrected chi connectivity index (χ3v) is 6.43. The van der Waals surface area contributed by atoms with Gasteiger partial charge in [-0.05, 0) is 79.4 Å². The van der Waals surface area contributed by atoms with E-state index in [0.29, 0.717) is 56.2 Å². The number of hydrogen-bond donors (Lipinski definition) is 0. The summed E-state index contributed by atoms with van der Waals surface area (Å²) < 4.78 is 33.4. The summed E-state index contributed by atoms with van der Waals surface area (Å²) in [5, 5.41) is 0.672. The Morgan fingerprint density at radius 2 is 1.26 bits per heavy atom. The summed E-state index contributed by atoms with van der Waals surface area (Å²) in [5.74, 6) is 1.82. The van der Waals surface area contributed by atoms with Gasteiger partial charge in [-0.2, -0.15) is 0 Å². The number of aryl methyl sites for hydroxylation is 3. The molecule has 8 nitrogen and oxygen atoms in total. The summed E-state index contributed by atoms with van der Waals surface area (Å²) in [6, 6.07) is 10.9. The molecule has 0 unspecified atom stereocenters. The van der Waals surface area contributed by atoms with Crippen molar-refractivity contribution in [1.29, 1.82) is 0 Å². The number of carbonyl (C=O) groups excluding carboxylic acids is 1. The topological polar surface area (TPSA) is 93.4 Å². The second kappa shape index (κ2) is 10.5. The summed E-state index contributed by atoms with van der Waals surface area (Å²) in [7, 11) is 6.17. The fraction of sp³-hybridized carbons (Fsp3) is 0.267. The van der Waals surface area contributed by atoms with Crippen molar-refractivity contribution < 1.29 is 32.9 Å². The van der Waals surface area contributed by atoms with E-state index in [4.69, 9.17) is 28.1 Å². The van der Waals surface area contributed by atoms with Crippen molar-refractivity contribution in [2.75, 3.05) is 28.4 Å². The second-order valence-electron chi connectivity index (χ2n) is 8.86. The first-order chi connectivity index (χ1) is 18.1. The number of ether oxygens (including phenoxy) is 5. The lowest BCUT2D eigenvalue weighted by molar-refractivity contribution is -0.131. The Balaban J connectivity index is 2.17. The van der Waals surface area contributed by atoms with E-state index < -0.39 is 11.6 Å². The molecule has 0 aliphatic carbocycles. The average molecular weight is 519 g/mol. The van der Waals surface area contributed by atoms with Gasteiger partial charge in [0.05, 0.1) is 34.0 Å². The van der Waals surface area contributed by atoms with Gasteiger partial charge in [-0.3, -0.25) is 4.79 Å². The van der Waals surface area contributed by atoms with E-state index in [2.05, 4.69) is 0 Å². The van der Waals surface area contributed by atoms with E-state index in [-0.39, 0.29) is 0 Å². The smallest absolute Gasteiger partial charge is 0.344 e. The molecule has 8 heteroatoms.